The average Bonchev–Trinajstić information content (AvgIpc) is 2.46. The smallest absolute Gasteiger partial charge is 0.272 e. The lowest BCUT2D eigenvalue weighted by atomic mass is 9.99. The Morgan fingerprint density at radius 3 is 2.62 bits per heavy atom. The van der Waals surface area contributed by atoms with Crippen LogP contribution in [0.25, 0.3) is 0 Å². The van der Waals surface area contributed by atoms with E-state index in [2.05, 4.69) is 19.2 Å². The molecule has 0 aliphatic rings. The number of rotatable bonds is 8. The van der Waals surface area contributed by atoms with Gasteiger partial charge in [-0.25, -0.2) is 0 Å². The topological polar surface area (TPSA) is 72.2 Å². The van der Waals surface area contributed by atoms with E-state index in [9.17, 15) is 14.9 Å². The summed E-state index contributed by atoms with van der Waals surface area (Å²) in [6, 6.07) is 4.46. The van der Waals surface area contributed by atoms with E-state index >= 15 is 0 Å². The summed E-state index contributed by atoms with van der Waals surface area (Å²) in [4.78, 5) is 22.4. The number of hydrogen-bond acceptors (Lipinski definition) is 3. The third-order valence-corrected chi connectivity index (χ3v) is 3.75. The quantitative estimate of drug-likeness (QED) is 0.584. The average molecular weight is 292 g/mol. The maximum absolute atomic E-state index is 12.1. The number of benzene rings is 1. The van der Waals surface area contributed by atoms with Gasteiger partial charge < -0.3 is 5.32 Å². The van der Waals surface area contributed by atoms with Crippen molar-refractivity contribution in [2.45, 2.75) is 46.5 Å². The predicted molar refractivity (Wildman–Crippen MR) is 83.5 cm³/mol. The number of carbonyl (C=O) groups is 1. The van der Waals surface area contributed by atoms with E-state index < -0.39 is 4.92 Å². The van der Waals surface area contributed by atoms with Crippen molar-refractivity contribution in [2.75, 3.05) is 6.54 Å². The zero-order valence-corrected chi connectivity index (χ0v) is 13.0. The van der Waals surface area contributed by atoms with Crippen LogP contribution in [0, 0.1) is 23.0 Å². The lowest BCUT2D eigenvalue weighted by Crippen LogP contribution is -2.29. The Kier molecular flexibility index (Phi) is 6.85. The van der Waals surface area contributed by atoms with Crippen LogP contribution in [0.3, 0.4) is 0 Å². The van der Waals surface area contributed by atoms with Gasteiger partial charge in [-0.2, -0.15) is 0 Å². The second kappa shape index (κ2) is 8.39. The summed E-state index contributed by atoms with van der Waals surface area (Å²) in [7, 11) is 0. The van der Waals surface area contributed by atoms with Gasteiger partial charge in [0.2, 0.25) is 0 Å². The first kappa shape index (κ1) is 17.1. The van der Waals surface area contributed by atoms with Gasteiger partial charge in [0, 0.05) is 23.7 Å². The SMILES string of the molecule is CCCC[C@@H](CC)CNC(=O)c1ccc([N+](=O)[O-])c(C)c1. The molecule has 1 atom stereocenters. The van der Waals surface area contributed by atoms with Gasteiger partial charge in [-0.3, -0.25) is 14.9 Å². The van der Waals surface area contributed by atoms with Crippen molar-refractivity contribution in [1.29, 1.82) is 0 Å². The highest BCUT2D eigenvalue weighted by molar-refractivity contribution is 5.94. The molecule has 5 heteroatoms. The highest BCUT2D eigenvalue weighted by atomic mass is 16.6. The first-order chi connectivity index (χ1) is 9.99. The summed E-state index contributed by atoms with van der Waals surface area (Å²) in [5, 5.41) is 13.7. The minimum absolute atomic E-state index is 0.0425. The molecule has 0 unspecified atom stereocenters. The molecule has 0 aliphatic heterocycles. The molecular formula is C16H24N2O3. The number of nitro benzene ring substituents is 1. The normalized spacial score (nSPS) is 12.0. The molecule has 5 nitrogen and oxygen atoms in total. The molecule has 0 fully saturated rings. The molecule has 21 heavy (non-hydrogen) atoms. The molecule has 0 radical (unpaired) electrons. The maximum Gasteiger partial charge on any atom is 0.272 e. The maximum atomic E-state index is 12.1. The number of nitrogens with zero attached hydrogens (tertiary/aromatic N) is 1. The van der Waals surface area contributed by atoms with Crippen LogP contribution in [0.4, 0.5) is 5.69 Å². The third kappa shape index (κ3) is 5.17. The minimum Gasteiger partial charge on any atom is -0.352 e. The van der Waals surface area contributed by atoms with Crippen LogP contribution in [0.5, 0.6) is 0 Å². The molecule has 0 spiro atoms. The number of nitrogens with one attached hydrogen (secondary N) is 1. The van der Waals surface area contributed by atoms with Crippen LogP contribution in [0.15, 0.2) is 18.2 Å². The Labute approximate surface area is 125 Å². The van der Waals surface area contributed by atoms with Crippen molar-refractivity contribution in [1.82, 2.24) is 5.32 Å². The van der Waals surface area contributed by atoms with Gasteiger partial charge in [0.25, 0.3) is 11.6 Å². The summed E-state index contributed by atoms with van der Waals surface area (Å²) in [6.07, 6.45) is 4.49. The van der Waals surface area contributed by atoms with Crippen LogP contribution in [-0.4, -0.2) is 17.4 Å². The van der Waals surface area contributed by atoms with Gasteiger partial charge in [0.15, 0.2) is 0 Å². The molecule has 1 amide bonds. The molecule has 116 valence electrons. The van der Waals surface area contributed by atoms with Gasteiger partial charge in [0.05, 0.1) is 4.92 Å². The molecule has 1 N–H and O–H groups in total. The minimum atomic E-state index is -0.436. The Balaban J connectivity index is 2.63. The van der Waals surface area contributed by atoms with Crippen molar-refractivity contribution >= 4 is 11.6 Å². The van der Waals surface area contributed by atoms with E-state index in [4.69, 9.17) is 0 Å². The summed E-state index contributed by atoms with van der Waals surface area (Å²) >= 11 is 0. The largest absolute Gasteiger partial charge is 0.352 e. The van der Waals surface area contributed by atoms with Gasteiger partial charge in [-0.15, -0.1) is 0 Å². The molecular weight excluding hydrogens is 268 g/mol. The highest BCUT2D eigenvalue weighted by Crippen LogP contribution is 2.19. The second-order valence-electron chi connectivity index (χ2n) is 5.38. The zero-order valence-electron chi connectivity index (χ0n) is 13.0. The molecule has 0 aliphatic carbocycles. The number of amides is 1. The van der Waals surface area contributed by atoms with Crippen LogP contribution >= 0.6 is 0 Å². The van der Waals surface area contributed by atoms with E-state index in [1.165, 1.54) is 18.6 Å². The van der Waals surface area contributed by atoms with Crippen LogP contribution < -0.4 is 5.32 Å². The van der Waals surface area contributed by atoms with Crippen molar-refractivity contribution in [3.05, 3.63) is 39.4 Å². The van der Waals surface area contributed by atoms with Crippen molar-refractivity contribution < 1.29 is 9.72 Å². The van der Waals surface area contributed by atoms with E-state index in [0.29, 0.717) is 23.6 Å². The molecule has 0 saturated carbocycles. The number of hydrogen-bond donors (Lipinski definition) is 1. The van der Waals surface area contributed by atoms with Crippen molar-refractivity contribution in [3.8, 4) is 0 Å². The van der Waals surface area contributed by atoms with E-state index in [0.717, 1.165) is 19.3 Å². The van der Waals surface area contributed by atoms with Gasteiger partial charge in [0.1, 0.15) is 0 Å². The lowest BCUT2D eigenvalue weighted by molar-refractivity contribution is -0.385. The van der Waals surface area contributed by atoms with E-state index in [1.807, 2.05) is 0 Å². The Hall–Kier alpha value is -1.91. The summed E-state index contributed by atoms with van der Waals surface area (Å²) in [5.41, 5.74) is 1.02. The van der Waals surface area contributed by atoms with Crippen LogP contribution in [-0.2, 0) is 0 Å². The van der Waals surface area contributed by atoms with Crippen molar-refractivity contribution in [3.63, 3.8) is 0 Å². The summed E-state index contributed by atoms with van der Waals surface area (Å²) in [5.74, 6) is 0.330. The highest BCUT2D eigenvalue weighted by Gasteiger charge is 2.14. The molecule has 0 saturated heterocycles. The first-order valence-corrected chi connectivity index (χ1v) is 7.52. The molecule has 0 bridgehead atoms. The van der Waals surface area contributed by atoms with Gasteiger partial charge in [-0.1, -0.05) is 33.1 Å². The molecule has 1 aromatic rings. The lowest BCUT2D eigenvalue weighted by Gasteiger charge is -2.15. The monoisotopic (exact) mass is 292 g/mol. The van der Waals surface area contributed by atoms with Crippen LogP contribution in [0.2, 0.25) is 0 Å². The fourth-order valence-electron chi connectivity index (χ4n) is 2.28. The third-order valence-electron chi connectivity index (χ3n) is 3.75. The number of unbranched alkanes of at least 4 members (excludes halogenated alkanes) is 1. The van der Waals surface area contributed by atoms with Gasteiger partial charge >= 0.3 is 0 Å². The Bertz CT molecular complexity index is 500. The zero-order chi connectivity index (χ0) is 15.8. The van der Waals surface area contributed by atoms with Crippen LogP contribution in [0.1, 0.15) is 55.5 Å². The van der Waals surface area contributed by atoms with E-state index in [1.54, 1.807) is 13.0 Å². The molecule has 0 heterocycles. The van der Waals surface area contributed by atoms with E-state index in [-0.39, 0.29) is 11.6 Å². The predicted octanol–water partition coefficient (Wildman–Crippen LogP) is 3.85. The number of nitro groups is 1. The van der Waals surface area contributed by atoms with Gasteiger partial charge in [-0.05, 0) is 31.4 Å². The fourth-order valence-corrected chi connectivity index (χ4v) is 2.28. The standard InChI is InChI=1S/C16H24N2O3/c1-4-6-7-13(5-2)11-17-16(19)14-8-9-15(18(20)21)12(3)10-14/h8-10,13H,4-7,11H2,1-3H3,(H,17,19)/t13-/m1/s1. The molecule has 0 aromatic heterocycles. The summed E-state index contributed by atoms with van der Waals surface area (Å²) < 4.78 is 0. The number of aryl methyl sites for hydroxylation is 1. The summed E-state index contributed by atoms with van der Waals surface area (Å²) in [6.45, 7) is 6.59. The van der Waals surface area contributed by atoms with Crippen molar-refractivity contribution in [2.24, 2.45) is 5.92 Å². The Morgan fingerprint density at radius 2 is 2.10 bits per heavy atom. The fraction of sp³-hybridized carbons (Fsp3) is 0.562. The Morgan fingerprint density at radius 1 is 1.38 bits per heavy atom. The molecule has 1 rings (SSSR count). The number of carbonyl (C=O) groups excluding carboxylic acids is 1. The first-order valence-electron chi connectivity index (χ1n) is 7.52. The molecule has 1 aromatic carbocycles. The second-order valence-corrected chi connectivity index (χ2v) is 5.38.